The minimum Gasteiger partial charge on any atom is -0.355 e. The van der Waals surface area contributed by atoms with Crippen LogP contribution in [0.2, 0.25) is 0 Å². The Labute approximate surface area is 160 Å². The third-order valence-corrected chi connectivity index (χ3v) is 5.68. The summed E-state index contributed by atoms with van der Waals surface area (Å²) in [4.78, 5) is 37.3. The summed E-state index contributed by atoms with van der Waals surface area (Å²) in [6.45, 7) is 5.05. The van der Waals surface area contributed by atoms with Gasteiger partial charge in [-0.15, -0.1) is 0 Å². The van der Waals surface area contributed by atoms with Crippen LogP contribution in [0, 0.1) is 5.92 Å². The molecule has 0 aromatic carbocycles. The molecule has 2 amide bonds. The van der Waals surface area contributed by atoms with Crippen molar-refractivity contribution in [2.75, 3.05) is 37.6 Å². The number of nitrogens with zero attached hydrogens (tertiary/aromatic N) is 4. The van der Waals surface area contributed by atoms with Gasteiger partial charge in [-0.05, 0) is 25.8 Å². The summed E-state index contributed by atoms with van der Waals surface area (Å²) in [5, 5.41) is 2.92. The molecule has 8 nitrogen and oxygen atoms in total. The van der Waals surface area contributed by atoms with E-state index in [1.54, 1.807) is 18.5 Å². The molecular weight excluding hydrogens is 344 g/mol. The number of carbonyl (C=O) groups is 2. The highest BCUT2D eigenvalue weighted by Gasteiger charge is 2.37. The first-order valence-corrected chi connectivity index (χ1v) is 9.84. The number of hydrogen-bond donors (Lipinski definition) is 2. The molecule has 8 heteroatoms. The Bertz CT molecular complexity index is 643. The lowest BCUT2D eigenvalue weighted by Gasteiger charge is -2.37. The predicted octanol–water partition coefficient (Wildman–Crippen LogP) is 0.539. The van der Waals surface area contributed by atoms with Crippen LogP contribution in [0.25, 0.3) is 0 Å². The van der Waals surface area contributed by atoms with Crippen molar-refractivity contribution in [3.63, 3.8) is 0 Å². The van der Waals surface area contributed by atoms with Gasteiger partial charge in [-0.1, -0.05) is 12.8 Å². The standard InChI is InChI=1S/C19H30N6O2/c1-19(20)7-3-2-5-15(19)17(27)21-10-6-16(26)24-11-13-25(14-12-24)18-22-8-4-9-23-18/h4,8-9,15H,2-3,5-7,10-14,20H2,1H3,(H,21,27). The van der Waals surface area contributed by atoms with E-state index in [1.807, 2.05) is 11.8 Å². The highest BCUT2D eigenvalue weighted by atomic mass is 16.2. The van der Waals surface area contributed by atoms with Crippen molar-refractivity contribution in [3.8, 4) is 0 Å². The summed E-state index contributed by atoms with van der Waals surface area (Å²) in [5.74, 6) is 0.603. The first kappa shape index (κ1) is 19.5. The van der Waals surface area contributed by atoms with Crippen LogP contribution in [-0.2, 0) is 9.59 Å². The topological polar surface area (TPSA) is 104 Å². The average molecular weight is 374 g/mol. The Hall–Kier alpha value is -2.22. The van der Waals surface area contributed by atoms with Gasteiger partial charge in [0, 0.05) is 57.1 Å². The van der Waals surface area contributed by atoms with Crippen molar-refractivity contribution in [1.82, 2.24) is 20.2 Å². The van der Waals surface area contributed by atoms with Crippen molar-refractivity contribution >= 4 is 17.8 Å². The molecule has 1 aliphatic heterocycles. The maximum absolute atomic E-state index is 12.4. The zero-order valence-corrected chi connectivity index (χ0v) is 16.1. The summed E-state index contributed by atoms with van der Waals surface area (Å²) in [6.07, 6.45) is 7.59. The second-order valence-electron chi connectivity index (χ2n) is 7.76. The maximum Gasteiger partial charge on any atom is 0.225 e. The molecule has 27 heavy (non-hydrogen) atoms. The summed E-state index contributed by atoms with van der Waals surface area (Å²) in [7, 11) is 0. The SMILES string of the molecule is CC1(N)CCCCC1C(=O)NCCC(=O)N1CCN(c2ncccn2)CC1. The second kappa shape index (κ2) is 8.65. The minimum atomic E-state index is -0.442. The molecule has 2 fully saturated rings. The van der Waals surface area contributed by atoms with Crippen molar-refractivity contribution in [3.05, 3.63) is 18.5 Å². The molecule has 0 radical (unpaired) electrons. The fourth-order valence-corrected chi connectivity index (χ4v) is 3.97. The molecule has 3 rings (SSSR count). The van der Waals surface area contributed by atoms with E-state index in [-0.39, 0.29) is 17.7 Å². The van der Waals surface area contributed by atoms with Crippen LogP contribution < -0.4 is 16.0 Å². The molecule has 1 aromatic rings. The number of carbonyl (C=O) groups excluding carboxylic acids is 2. The van der Waals surface area contributed by atoms with Gasteiger partial charge in [0.1, 0.15) is 0 Å². The van der Waals surface area contributed by atoms with E-state index in [4.69, 9.17) is 5.73 Å². The highest BCUT2D eigenvalue weighted by Crippen LogP contribution is 2.31. The van der Waals surface area contributed by atoms with E-state index < -0.39 is 5.54 Å². The predicted molar refractivity (Wildman–Crippen MR) is 103 cm³/mol. The smallest absolute Gasteiger partial charge is 0.225 e. The molecule has 0 bridgehead atoms. The van der Waals surface area contributed by atoms with Crippen LogP contribution in [0.15, 0.2) is 18.5 Å². The lowest BCUT2D eigenvalue weighted by atomic mass is 9.74. The van der Waals surface area contributed by atoms with Crippen LogP contribution in [-0.4, -0.2) is 64.9 Å². The minimum absolute atomic E-state index is 0.0152. The largest absolute Gasteiger partial charge is 0.355 e. The van der Waals surface area contributed by atoms with Gasteiger partial charge < -0.3 is 20.9 Å². The number of rotatable bonds is 5. The lowest BCUT2D eigenvalue weighted by Crippen LogP contribution is -2.53. The van der Waals surface area contributed by atoms with Gasteiger partial charge in [0.25, 0.3) is 0 Å². The van der Waals surface area contributed by atoms with E-state index in [1.165, 1.54) is 0 Å². The first-order valence-electron chi connectivity index (χ1n) is 9.84. The summed E-state index contributed by atoms with van der Waals surface area (Å²) in [6, 6.07) is 1.79. The van der Waals surface area contributed by atoms with E-state index in [0.29, 0.717) is 32.0 Å². The van der Waals surface area contributed by atoms with Crippen molar-refractivity contribution in [2.45, 2.75) is 44.6 Å². The molecule has 148 valence electrons. The summed E-state index contributed by atoms with van der Waals surface area (Å²) < 4.78 is 0. The van der Waals surface area contributed by atoms with Crippen LogP contribution >= 0.6 is 0 Å². The number of nitrogens with two attached hydrogens (primary N) is 1. The van der Waals surface area contributed by atoms with E-state index in [0.717, 1.165) is 38.8 Å². The van der Waals surface area contributed by atoms with Gasteiger partial charge in [0.2, 0.25) is 17.8 Å². The lowest BCUT2D eigenvalue weighted by molar-refractivity contribution is -0.131. The first-order chi connectivity index (χ1) is 13.0. The fourth-order valence-electron chi connectivity index (χ4n) is 3.97. The van der Waals surface area contributed by atoms with Crippen molar-refractivity contribution in [1.29, 1.82) is 0 Å². The Kier molecular flexibility index (Phi) is 6.26. The van der Waals surface area contributed by atoms with E-state index in [9.17, 15) is 9.59 Å². The van der Waals surface area contributed by atoms with Gasteiger partial charge >= 0.3 is 0 Å². The normalized spacial score (nSPS) is 25.9. The molecule has 2 heterocycles. The van der Waals surface area contributed by atoms with Gasteiger partial charge in [0.15, 0.2) is 0 Å². The van der Waals surface area contributed by atoms with Crippen LogP contribution in [0.1, 0.15) is 39.0 Å². The maximum atomic E-state index is 12.4. The number of anilines is 1. The zero-order chi connectivity index (χ0) is 19.3. The molecule has 1 aromatic heterocycles. The van der Waals surface area contributed by atoms with Crippen LogP contribution in [0.4, 0.5) is 5.95 Å². The summed E-state index contributed by atoms with van der Waals surface area (Å²) >= 11 is 0. The van der Waals surface area contributed by atoms with Gasteiger partial charge in [0.05, 0.1) is 5.92 Å². The Balaban J connectivity index is 1.39. The number of nitrogens with one attached hydrogen (secondary N) is 1. The number of aromatic nitrogens is 2. The molecule has 2 unspecified atom stereocenters. The molecule has 1 saturated heterocycles. The summed E-state index contributed by atoms with van der Waals surface area (Å²) in [5.41, 5.74) is 5.84. The second-order valence-corrected chi connectivity index (χ2v) is 7.76. The average Bonchev–Trinajstić information content (AvgIpc) is 2.68. The van der Waals surface area contributed by atoms with Crippen LogP contribution in [0.5, 0.6) is 0 Å². The van der Waals surface area contributed by atoms with E-state index in [2.05, 4.69) is 20.2 Å². The zero-order valence-electron chi connectivity index (χ0n) is 16.1. The molecule has 2 atom stereocenters. The highest BCUT2D eigenvalue weighted by molar-refractivity contribution is 5.81. The van der Waals surface area contributed by atoms with Crippen molar-refractivity contribution in [2.24, 2.45) is 11.7 Å². The molecule has 0 spiro atoms. The monoisotopic (exact) mass is 374 g/mol. The molecule has 3 N–H and O–H groups in total. The van der Waals surface area contributed by atoms with Crippen LogP contribution in [0.3, 0.4) is 0 Å². The molecule has 1 saturated carbocycles. The molecule has 1 aliphatic carbocycles. The third kappa shape index (κ3) is 4.94. The number of hydrogen-bond acceptors (Lipinski definition) is 6. The number of piperazine rings is 1. The number of amides is 2. The van der Waals surface area contributed by atoms with Gasteiger partial charge in [-0.3, -0.25) is 9.59 Å². The quantitative estimate of drug-likeness (QED) is 0.779. The third-order valence-electron chi connectivity index (χ3n) is 5.68. The fraction of sp³-hybridized carbons (Fsp3) is 0.684. The Morgan fingerprint density at radius 3 is 2.59 bits per heavy atom. The van der Waals surface area contributed by atoms with Crippen molar-refractivity contribution < 1.29 is 9.59 Å². The molecular formula is C19H30N6O2. The van der Waals surface area contributed by atoms with E-state index >= 15 is 0 Å². The van der Waals surface area contributed by atoms with Gasteiger partial charge in [-0.2, -0.15) is 0 Å². The molecule has 2 aliphatic rings. The van der Waals surface area contributed by atoms with Gasteiger partial charge in [-0.25, -0.2) is 9.97 Å². The Morgan fingerprint density at radius 2 is 1.93 bits per heavy atom. The Morgan fingerprint density at radius 1 is 1.22 bits per heavy atom.